The van der Waals surface area contributed by atoms with Crippen LogP contribution < -0.4 is 0 Å². The minimum absolute atomic E-state index is 0.0299. The summed E-state index contributed by atoms with van der Waals surface area (Å²) in [6.45, 7) is 7.38. The molecule has 1 aliphatic carbocycles. The number of rotatable bonds is 2. The number of likely N-dealkylation sites (tertiary alicyclic amines) is 1. The zero-order chi connectivity index (χ0) is 21.8. The molecule has 2 aromatic rings. The fraction of sp³-hybridized carbons (Fsp3) is 0.440. The molecule has 158 valence electrons. The summed E-state index contributed by atoms with van der Waals surface area (Å²) in [6, 6.07) is 12.7. The molecule has 2 aliphatic rings. The summed E-state index contributed by atoms with van der Waals surface area (Å²) >= 11 is 0. The minimum atomic E-state index is -0.154. The Morgan fingerprint density at radius 2 is 1.73 bits per heavy atom. The third kappa shape index (κ3) is 2.83. The molecule has 2 bridgehead atoms. The molecule has 1 N–H and O–H groups in total. The molecular formula is C25H30N2O3. The fourth-order valence-corrected chi connectivity index (χ4v) is 5.38. The molecule has 0 spiro atoms. The highest BCUT2D eigenvalue weighted by molar-refractivity contribution is 5.99. The van der Waals surface area contributed by atoms with E-state index in [1.54, 1.807) is 44.4 Å². The molecule has 30 heavy (non-hydrogen) atoms. The first-order chi connectivity index (χ1) is 14.1. The van der Waals surface area contributed by atoms with Crippen LogP contribution in [0.3, 0.4) is 0 Å². The van der Waals surface area contributed by atoms with Gasteiger partial charge in [0.25, 0.3) is 11.8 Å². The molecule has 4 rings (SSSR count). The molecule has 0 unspecified atom stereocenters. The van der Waals surface area contributed by atoms with Crippen molar-refractivity contribution in [1.29, 1.82) is 0 Å². The van der Waals surface area contributed by atoms with E-state index < -0.39 is 0 Å². The normalized spacial score (nSPS) is 24.2. The van der Waals surface area contributed by atoms with Crippen molar-refractivity contribution in [3.8, 4) is 5.75 Å². The molecular weight excluding hydrogens is 376 g/mol. The number of hydrogen-bond donors (Lipinski definition) is 1. The summed E-state index contributed by atoms with van der Waals surface area (Å²) in [6.07, 6.45) is 1.46. The number of nitrogens with zero attached hydrogens (tertiary/aromatic N) is 2. The third-order valence-corrected chi connectivity index (χ3v) is 7.65. The maximum atomic E-state index is 13.6. The van der Waals surface area contributed by atoms with Crippen LogP contribution in [0.5, 0.6) is 5.75 Å². The average Bonchev–Trinajstić information content (AvgIpc) is 2.70. The molecule has 5 nitrogen and oxygen atoms in total. The number of piperidine rings is 1. The van der Waals surface area contributed by atoms with Crippen molar-refractivity contribution in [3.63, 3.8) is 0 Å². The van der Waals surface area contributed by atoms with Gasteiger partial charge in [0.2, 0.25) is 0 Å². The van der Waals surface area contributed by atoms with E-state index in [4.69, 9.17) is 0 Å². The zero-order valence-electron chi connectivity index (χ0n) is 18.4. The lowest BCUT2D eigenvalue weighted by Crippen LogP contribution is -2.64. The third-order valence-electron chi connectivity index (χ3n) is 7.65. The maximum Gasteiger partial charge on any atom is 0.254 e. The Balaban J connectivity index is 1.73. The Bertz CT molecular complexity index is 1030. The lowest BCUT2D eigenvalue weighted by Gasteiger charge is -2.60. The highest BCUT2D eigenvalue weighted by Crippen LogP contribution is 2.57. The molecule has 0 radical (unpaired) electrons. The highest BCUT2D eigenvalue weighted by atomic mass is 16.3. The van der Waals surface area contributed by atoms with Crippen molar-refractivity contribution in [2.24, 2.45) is 5.41 Å². The second-order valence-electron chi connectivity index (χ2n) is 9.61. The van der Waals surface area contributed by atoms with E-state index in [2.05, 4.69) is 26.8 Å². The lowest BCUT2D eigenvalue weighted by atomic mass is 9.51. The first kappa shape index (κ1) is 20.5. The standard InChI is InChI=1S/C25H30N2O3/c1-24(2)21-15-18-19(10-7-11-20(18)28)25(24,3)12-13-27(21)23(30)17-9-6-8-16(14-17)22(29)26(4)5/h6-11,14,21,28H,12-13,15H2,1-5H3/t21-,25+/m1/s1. The Hall–Kier alpha value is -2.82. The number of hydrogen-bond acceptors (Lipinski definition) is 3. The monoisotopic (exact) mass is 406 g/mol. The van der Waals surface area contributed by atoms with Gasteiger partial charge in [-0.3, -0.25) is 9.59 Å². The van der Waals surface area contributed by atoms with Crippen molar-refractivity contribution in [2.45, 2.75) is 45.1 Å². The van der Waals surface area contributed by atoms with Gasteiger partial charge >= 0.3 is 0 Å². The van der Waals surface area contributed by atoms with E-state index in [1.165, 1.54) is 10.5 Å². The van der Waals surface area contributed by atoms with Crippen LogP contribution in [0.2, 0.25) is 0 Å². The molecule has 1 fully saturated rings. The van der Waals surface area contributed by atoms with Gasteiger partial charge in [0.1, 0.15) is 5.75 Å². The molecule has 2 atom stereocenters. The number of phenolic OH excluding ortho intramolecular Hbond substituents is 1. The van der Waals surface area contributed by atoms with Crippen molar-refractivity contribution in [3.05, 3.63) is 64.7 Å². The van der Waals surface area contributed by atoms with Crippen LogP contribution in [0.1, 0.15) is 59.0 Å². The number of benzene rings is 2. The molecule has 1 heterocycles. The Morgan fingerprint density at radius 3 is 2.43 bits per heavy atom. The number of phenols is 1. The summed E-state index contributed by atoms with van der Waals surface area (Å²) in [4.78, 5) is 29.4. The first-order valence-electron chi connectivity index (χ1n) is 10.5. The zero-order valence-corrected chi connectivity index (χ0v) is 18.4. The summed E-state index contributed by atoms with van der Waals surface area (Å²) in [5.41, 5.74) is 2.93. The summed E-state index contributed by atoms with van der Waals surface area (Å²) in [7, 11) is 3.41. The van der Waals surface area contributed by atoms with Gasteiger partial charge in [-0.2, -0.15) is 0 Å². The van der Waals surface area contributed by atoms with E-state index in [1.807, 2.05) is 11.0 Å². The molecule has 0 aromatic heterocycles. The average molecular weight is 407 g/mol. The van der Waals surface area contributed by atoms with Crippen LogP contribution in [0.4, 0.5) is 0 Å². The van der Waals surface area contributed by atoms with Crippen LogP contribution in [-0.2, 0) is 11.8 Å². The summed E-state index contributed by atoms with van der Waals surface area (Å²) < 4.78 is 0. The van der Waals surface area contributed by atoms with Crippen molar-refractivity contribution >= 4 is 11.8 Å². The van der Waals surface area contributed by atoms with Gasteiger partial charge in [-0.25, -0.2) is 0 Å². The first-order valence-corrected chi connectivity index (χ1v) is 10.5. The molecule has 5 heteroatoms. The van der Waals surface area contributed by atoms with Gasteiger partial charge < -0.3 is 14.9 Å². The molecule has 2 amide bonds. The Kier molecular flexibility index (Phi) is 4.68. The van der Waals surface area contributed by atoms with Crippen molar-refractivity contribution in [2.75, 3.05) is 20.6 Å². The van der Waals surface area contributed by atoms with E-state index >= 15 is 0 Å². The summed E-state index contributed by atoms with van der Waals surface area (Å²) in [5, 5.41) is 10.5. The van der Waals surface area contributed by atoms with Crippen LogP contribution in [0, 0.1) is 5.41 Å². The second kappa shape index (κ2) is 6.86. The highest BCUT2D eigenvalue weighted by Gasteiger charge is 2.57. The number of carbonyl (C=O) groups is 2. The molecule has 2 aromatic carbocycles. The Labute approximate surface area is 178 Å². The number of aromatic hydroxyl groups is 1. The van der Waals surface area contributed by atoms with Crippen LogP contribution in [-0.4, -0.2) is 53.4 Å². The fourth-order valence-electron chi connectivity index (χ4n) is 5.38. The van der Waals surface area contributed by atoms with Gasteiger partial charge in [-0.15, -0.1) is 0 Å². The number of amides is 2. The second-order valence-corrected chi connectivity index (χ2v) is 9.61. The van der Waals surface area contributed by atoms with Gasteiger partial charge in [0.15, 0.2) is 0 Å². The van der Waals surface area contributed by atoms with Crippen LogP contribution >= 0.6 is 0 Å². The quantitative estimate of drug-likeness (QED) is 0.824. The largest absolute Gasteiger partial charge is 0.508 e. The van der Waals surface area contributed by atoms with E-state index in [0.29, 0.717) is 29.8 Å². The van der Waals surface area contributed by atoms with Gasteiger partial charge in [0, 0.05) is 43.2 Å². The van der Waals surface area contributed by atoms with E-state index in [9.17, 15) is 14.7 Å². The molecule has 1 saturated heterocycles. The predicted octanol–water partition coefficient (Wildman–Crippen LogP) is 3.85. The predicted molar refractivity (Wildman–Crippen MR) is 117 cm³/mol. The topological polar surface area (TPSA) is 60.9 Å². The minimum Gasteiger partial charge on any atom is -0.508 e. The van der Waals surface area contributed by atoms with Gasteiger partial charge in [0.05, 0.1) is 0 Å². The van der Waals surface area contributed by atoms with Gasteiger partial charge in [-0.05, 0) is 53.6 Å². The molecule has 1 aliphatic heterocycles. The van der Waals surface area contributed by atoms with Crippen molar-refractivity contribution < 1.29 is 14.7 Å². The van der Waals surface area contributed by atoms with Crippen LogP contribution in [0.25, 0.3) is 0 Å². The smallest absolute Gasteiger partial charge is 0.254 e. The molecule has 0 saturated carbocycles. The van der Waals surface area contributed by atoms with E-state index in [0.717, 1.165) is 12.0 Å². The van der Waals surface area contributed by atoms with Crippen LogP contribution in [0.15, 0.2) is 42.5 Å². The lowest BCUT2D eigenvalue weighted by molar-refractivity contribution is -0.0266. The van der Waals surface area contributed by atoms with E-state index in [-0.39, 0.29) is 28.7 Å². The summed E-state index contributed by atoms with van der Waals surface area (Å²) in [5.74, 6) is 0.141. The number of carbonyl (C=O) groups excluding carboxylic acids is 2. The Morgan fingerprint density at radius 1 is 1.07 bits per heavy atom. The number of fused-ring (bicyclic) bond motifs is 4. The van der Waals surface area contributed by atoms with Crippen molar-refractivity contribution in [1.82, 2.24) is 9.80 Å². The SMILES string of the molecule is CN(C)C(=O)c1cccc(C(=O)N2CC[C@@]3(C)c4cccc(O)c4C[C@@H]2C3(C)C)c1. The maximum absolute atomic E-state index is 13.6. The van der Waals surface area contributed by atoms with Gasteiger partial charge in [-0.1, -0.05) is 39.0 Å².